The van der Waals surface area contributed by atoms with Gasteiger partial charge in [0.25, 0.3) is 0 Å². The molecule has 3 rings (SSSR count). The molecule has 94 valence electrons. The SMILES string of the molecule is Fc1ccccc1-n1nnnc1C1CCCNC1. The van der Waals surface area contributed by atoms with Crippen molar-refractivity contribution in [1.29, 1.82) is 0 Å². The maximum Gasteiger partial charge on any atom is 0.161 e. The van der Waals surface area contributed by atoms with Crippen molar-refractivity contribution in [2.24, 2.45) is 0 Å². The van der Waals surface area contributed by atoms with Crippen LogP contribution in [0.25, 0.3) is 5.69 Å². The summed E-state index contributed by atoms with van der Waals surface area (Å²) in [4.78, 5) is 0. The summed E-state index contributed by atoms with van der Waals surface area (Å²) >= 11 is 0. The van der Waals surface area contributed by atoms with E-state index in [9.17, 15) is 4.39 Å². The quantitative estimate of drug-likeness (QED) is 0.868. The van der Waals surface area contributed by atoms with Gasteiger partial charge < -0.3 is 5.32 Å². The van der Waals surface area contributed by atoms with Crippen LogP contribution in [0.4, 0.5) is 4.39 Å². The van der Waals surface area contributed by atoms with Gasteiger partial charge >= 0.3 is 0 Å². The van der Waals surface area contributed by atoms with Crippen LogP contribution in [0.3, 0.4) is 0 Å². The molecule has 1 unspecified atom stereocenters. The molecule has 1 fully saturated rings. The molecular weight excluding hydrogens is 233 g/mol. The smallest absolute Gasteiger partial charge is 0.161 e. The molecule has 1 aliphatic heterocycles. The van der Waals surface area contributed by atoms with Crippen molar-refractivity contribution in [1.82, 2.24) is 25.5 Å². The van der Waals surface area contributed by atoms with Crippen LogP contribution < -0.4 is 5.32 Å². The summed E-state index contributed by atoms with van der Waals surface area (Å²) in [7, 11) is 0. The molecule has 1 N–H and O–H groups in total. The van der Waals surface area contributed by atoms with Crippen LogP contribution in [0.5, 0.6) is 0 Å². The van der Waals surface area contributed by atoms with Crippen molar-refractivity contribution in [3.05, 3.63) is 35.9 Å². The number of tetrazole rings is 1. The third-order valence-electron chi connectivity index (χ3n) is 3.24. The molecule has 2 aromatic rings. The minimum atomic E-state index is -0.310. The Morgan fingerprint density at radius 3 is 3.00 bits per heavy atom. The van der Waals surface area contributed by atoms with Crippen LogP contribution >= 0.6 is 0 Å². The second-order valence-corrected chi connectivity index (χ2v) is 4.44. The molecule has 1 saturated heterocycles. The molecule has 1 aliphatic rings. The summed E-state index contributed by atoms with van der Waals surface area (Å²) in [5.41, 5.74) is 0.406. The number of hydrogen-bond donors (Lipinski definition) is 1. The second-order valence-electron chi connectivity index (χ2n) is 4.44. The van der Waals surface area contributed by atoms with E-state index in [4.69, 9.17) is 0 Å². The first kappa shape index (κ1) is 11.3. The van der Waals surface area contributed by atoms with E-state index in [1.807, 2.05) is 0 Å². The third kappa shape index (κ3) is 1.99. The predicted molar refractivity (Wildman–Crippen MR) is 64.0 cm³/mol. The van der Waals surface area contributed by atoms with Crippen molar-refractivity contribution in [3.63, 3.8) is 0 Å². The number of para-hydroxylation sites is 1. The first-order valence-electron chi connectivity index (χ1n) is 6.10. The summed E-state index contributed by atoms with van der Waals surface area (Å²) in [6.07, 6.45) is 2.12. The van der Waals surface area contributed by atoms with Gasteiger partial charge in [-0.3, -0.25) is 0 Å². The topological polar surface area (TPSA) is 55.6 Å². The fraction of sp³-hybridized carbons (Fsp3) is 0.417. The lowest BCUT2D eigenvalue weighted by Gasteiger charge is -2.21. The largest absolute Gasteiger partial charge is 0.316 e. The van der Waals surface area contributed by atoms with Crippen molar-refractivity contribution < 1.29 is 4.39 Å². The molecule has 6 heteroatoms. The van der Waals surface area contributed by atoms with Gasteiger partial charge in [-0.1, -0.05) is 12.1 Å². The van der Waals surface area contributed by atoms with E-state index in [1.54, 1.807) is 18.2 Å². The molecule has 0 bridgehead atoms. The number of aromatic nitrogens is 4. The molecule has 2 heterocycles. The van der Waals surface area contributed by atoms with Gasteiger partial charge in [-0.25, -0.2) is 4.39 Å². The van der Waals surface area contributed by atoms with Crippen LogP contribution in [-0.2, 0) is 0 Å². The lowest BCUT2D eigenvalue weighted by Crippen LogP contribution is -2.30. The van der Waals surface area contributed by atoms with Gasteiger partial charge in [0.2, 0.25) is 0 Å². The van der Waals surface area contributed by atoms with Crippen LogP contribution in [0.2, 0.25) is 0 Å². The van der Waals surface area contributed by atoms with E-state index in [0.717, 1.165) is 31.8 Å². The Kier molecular flexibility index (Phi) is 3.02. The van der Waals surface area contributed by atoms with Crippen LogP contribution in [0.15, 0.2) is 24.3 Å². The maximum atomic E-state index is 13.8. The van der Waals surface area contributed by atoms with Gasteiger partial charge in [-0.15, -0.1) is 5.10 Å². The molecule has 0 radical (unpaired) electrons. The zero-order valence-electron chi connectivity index (χ0n) is 9.88. The molecule has 5 nitrogen and oxygen atoms in total. The monoisotopic (exact) mass is 247 g/mol. The van der Waals surface area contributed by atoms with Crippen molar-refractivity contribution in [3.8, 4) is 5.69 Å². The Morgan fingerprint density at radius 2 is 2.22 bits per heavy atom. The lowest BCUT2D eigenvalue weighted by molar-refractivity contribution is 0.438. The Morgan fingerprint density at radius 1 is 1.33 bits per heavy atom. The Balaban J connectivity index is 1.98. The van der Waals surface area contributed by atoms with E-state index in [-0.39, 0.29) is 11.7 Å². The molecule has 0 spiro atoms. The van der Waals surface area contributed by atoms with Crippen LogP contribution in [-0.4, -0.2) is 33.3 Å². The molecule has 0 saturated carbocycles. The van der Waals surface area contributed by atoms with Gasteiger partial charge in [0.15, 0.2) is 5.82 Å². The maximum absolute atomic E-state index is 13.8. The number of benzene rings is 1. The number of hydrogen-bond acceptors (Lipinski definition) is 4. The minimum Gasteiger partial charge on any atom is -0.316 e. The summed E-state index contributed by atoms with van der Waals surface area (Å²) in [5, 5.41) is 15.0. The van der Waals surface area contributed by atoms with Crippen LogP contribution in [0, 0.1) is 5.82 Å². The number of halogens is 1. The minimum absolute atomic E-state index is 0.244. The van der Waals surface area contributed by atoms with E-state index in [1.165, 1.54) is 10.7 Å². The fourth-order valence-electron chi connectivity index (χ4n) is 2.32. The number of nitrogens with one attached hydrogen (secondary N) is 1. The van der Waals surface area contributed by atoms with E-state index in [2.05, 4.69) is 20.8 Å². The average molecular weight is 247 g/mol. The number of nitrogens with zero attached hydrogens (tertiary/aromatic N) is 4. The summed E-state index contributed by atoms with van der Waals surface area (Å²) in [6, 6.07) is 6.54. The Labute approximate surface area is 104 Å². The van der Waals surface area contributed by atoms with E-state index >= 15 is 0 Å². The molecule has 1 atom stereocenters. The zero-order valence-corrected chi connectivity index (χ0v) is 9.88. The second kappa shape index (κ2) is 4.81. The highest BCUT2D eigenvalue weighted by Gasteiger charge is 2.23. The third-order valence-corrected chi connectivity index (χ3v) is 3.24. The van der Waals surface area contributed by atoms with Crippen LogP contribution in [0.1, 0.15) is 24.6 Å². The van der Waals surface area contributed by atoms with Crippen molar-refractivity contribution in [2.45, 2.75) is 18.8 Å². The van der Waals surface area contributed by atoms with E-state index < -0.39 is 0 Å². The summed E-state index contributed by atoms with van der Waals surface area (Å²) in [5.74, 6) is 0.662. The fourth-order valence-corrected chi connectivity index (χ4v) is 2.32. The first-order chi connectivity index (χ1) is 8.86. The molecule has 0 aliphatic carbocycles. The van der Waals surface area contributed by atoms with Gasteiger partial charge in [0.05, 0.1) is 0 Å². The standard InChI is InChI=1S/C12H14FN5/c13-10-5-1-2-6-11(10)18-12(15-16-17-18)9-4-3-7-14-8-9/h1-2,5-6,9,14H,3-4,7-8H2. The van der Waals surface area contributed by atoms with E-state index in [0.29, 0.717) is 5.69 Å². The normalized spacial score (nSPS) is 19.9. The molecular formula is C12H14FN5. The highest BCUT2D eigenvalue weighted by Crippen LogP contribution is 2.23. The predicted octanol–water partition coefficient (Wildman–Crippen LogP) is 1.27. The van der Waals surface area contributed by atoms with Gasteiger partial charge in [-0.05, 0) is 41.9 Å². The van der Waals surface area contributed by atoms with Gasteiger partial charge in [0, 0.05) is 12.5 Å². The van der Waals surface area contributed by atoms with Crippen molar-refractivity contribution >= 4 is 0 Å². The molecule has 1 aromatic carbocycles. The van der Waals surface area contributed by atoms with Gasteiger partial charge in [-0.2, -0.15) is 4.68 Å². The number of rotatable bonds is 2. The first-order valence-corrected chi connectivity index (χ1v) is 6.10. The molecule has 0 amide bonds. The average Bonchev–Trinajstić information content (AvgIpc) is 2.89. The molecule has 1 aromatic heterocycles. The van der Waals surface area contributed by atoms with Gasteiger partial charge in [0.1, 0.15) is 11.5 Å². The zero-order chi connectivity index (χ0) is 12.4. The summed E-state index contributed by atoms with van der Waals surface area (Å²) < 4.78 is 15.3. The Hall–Kier alpha value is -1.82. The highest BCUT2D eigenvalue weighted by molar-refractivity contribution is 5.33. The number of piperidine rings is 1. The summed E-state index contributed by atoms with van der Waals surface area (Å²) in [6.45, 7) is 1.87. The lowest BCUT2D eigenvalue weighted by atomic mass is 9.99. The molecule has 18 heavy (non-hydrogen) atoms. The highest BCUT2D eigenvalue weighted by atomic mass is 19.1. The Bertz CT molecular complexity index is 533. The van der Waals surface area contributed by atoms with Crippen molar-refractivity contribution in [2.75, 3.05) is 13.1 Å².